The summed E-state index contributed by atoms with van der Waals surface area (Å²) < 4.78 is 24.2. The van der Waals surface area contributed by atoms with Crippen LogP contribution >= 0.6 is 0 Å². The number of hydrogen-bond donors (Lipinski definition) is 1. The average Bonchev–Trinajstić information content (AvgIpc) is 2.46. The second-order valence-electron chi connectivity index (χ2n) is 5.18. The zero-order valence-electron chi connectivity index (χ0n) is 12.2. The highest BCUT2D eigenvalue weighted by Gasteiger charge is 2.26. The maximum atomic E-state index is 12.3. The predicted octanol–water partition coefficient (Wildman–Crippen LogP) is 0.0311. The molecule has 0 spiro atoms. The Morgan fingerprint density at radius 2 is 1.73 bits per heavy atom. The van der Waals surface area contributed by atoms with Crippen LogP contribution in [0.5, 0.6) is 0 Å². The number of carboxylic acid groups (broad SMARTS) is 1. The van der Waals surface area contributed by atoms with E-state index < -0.39 is 16.0 Å². The fraction of sp³-hybridized carbons (Fsp3) is 0.429. The Kier molecular flexibility index (Phi) is 4.82. The lowest BCUT2D eigenvalue weighted by molar-refractivity contribution is -0.131. The Hall–Kier alpha value is -1.93. The minimum Gasteiger partial charge on any atom is -0.478 e. The normalized spacial score (nSPS) is 16.5. The van der Waals surface area contributed by atoms with Gasteiger partial charge in [-0.05, 0) is 11.6 Å². The summed E-state index contributed by atoms with van der Waals surface area (Å²) in [5, 5.41) is 9.11. The van der Waals surface area contributed by atoms with Gasteiger partial charge in [-0.25, -0.2) is 13.2 Å². The van der Waals surface area contributed by atoms with Crippen LogP contribution in [0.3, 0.4) is 0 Å². The number of piperazine rings is 1. The first-order valence-corrected chi connectivity index (χ1v) is 8.68. The number of amides is 1. The molecular formula is C14H18N2O5S. The minimum absolute atomic E-state index is 0.00134. The number of carbonyl (C=O) groups is 2. The standard InChI is InChI=1S/C14H18N2O5S/c1-22(20,21)16-8-6-15(7-9-16)13(17)10-11-4-2-3-5-12(11)14(18)19/h2-5H,6-10H2,1H3,(H,18,19). The van der Waals surface area contributed by atoms with Crippen molar-refractivity contribution >= 4 is 21.9 Å². The van der Waals surface area contributed by atoms with E-state index >= 15 is 0 Å². The van der Waals surface area contributed by atoms with E-state index in [1.54, 1.807) is 23.1 Å². The van der Waals surface area contributed by atoms with E-state index in [0.29, 0.717) is 18.7 Å². The molecule has 120 valence electrons. The molecule has 1 aliphatic heterocycles. The molecule has 1 N–H and O–H groups in total. The predicted molar refractivity (Wildman–Crippen MR) is 80.1 cm³/mol. The number of benzene rings is 1. The molecule has 1 amide bonds. The molecule has 1 aromatic carbocycles. The molecule has 0 unspecified atom stereocenters. The summed E-state index contributed by atoms with van der Waals surface area (Å²) in [5.41, 5.74) is 0.580. The minimum atomic E-state index is -3.23. The van der Waals surface area contributed by atoms with E-state index in [4.69, 9.17) is 5.11 Å². The first-order valence-electron chi connectivity index (χ1n) is 6.83. The van der Waals surface area contributed by atoms with Crippen molar-refractivity contribution in [3.8, 4) is 0 Å². The van der Waals surface area contributed by atoms with Crippen molar-refractivity contribution in [3.05, 3.63) is 35.4 Å². The van der Waals surface area contributed by atoms with Gasteiger partial charge in [0.25, 0.3) is 0 Å². The molecule has 7 nitrogen and oxygen atoms in total. The monoisotopic (exact) mass is 326 g/mol. The molecule has 22 heavy (non-hydrogen) atoms. The largest absolute Gasteiger partial charge is 0.478 e. The van der Waals surface area contributed by atoms with Gasteiger partial charge in [0.2, 0.25) is 15.9 Å². The fourth-order valence-corrected chi connectivity index (χ4v) is 3.25. The molecule has 0 radical (unpaired) electrons. The van der Waals surface area contributed by atoms with Crippen LogP contribution in [0.4, 0.5) is 0 Å². The Bertz CT molecular complexity index is 678. The van der Waals surface area contributed by atoms with Gasteiger partial charge in [-0.2, -0.15) is 4.31 Å². The van der Waals surface area contributed by atoms with Crippen molar-refractivity contribution in [2.75, 3.05) is 32.4 Å². The molecule has 0 aliphatic carbocycles. The maximum Gasteiger partial charge on any atom is 0.335 e. The van der Waals surface area contributed by atoms with Crippen molar-refractivity contribution in [3.63, 3.8) is 0 Å². The third kappa shape index (κ3) is 3.83. The van der Waals surface area contributed by atoms with E-state index in [2.05, 4.69) is 0 Å². The highest BCUT2D eigenvalue weighted by atomic mass is 32.2. The van der Waals surface area contributed by atoms with Gasteiger partial charge >= 0.3 is 5.97 Å². The topological polar surface area (TPSA) is 95.0 Å². The Morgan fingerprint density at radius 1 is 1.14 bits per heavy atom. The number of hydrogen-bond acceptors (Lipinski definition) is 4. The quantitative estimate of drug-likeness (QED) is 0.842. The van der Waals surface area contributed by atoms with Crippen LogP contribution in [0.1, 0.15) is 15.9 Å². The highest BCUT2D eigenvalue weighted by Crippen LogP contribution is 2.13. The molecule has 2 rings (SSSR count). The third-order valence-corrected chi connectivity index (χ3v) is 4.95. The third-order valence-electron chi connectivity index (χ3n) is 3.65. The van der Waals surface area contributed by atoms with Gasteiger partial charge in [0.15, 0.2) is 0 Å². The van der Waals surface area contributed by atoms with Crippen molar-refractivity contribution in [2.24, 2.45) is 0 Å². The van der Waals surface area contributed by atoms with Gasteiger partial charge in [0.05, 0.1) is 18.2 Å². The van der Waals surface area contributed by atoms with Gasteiger partial charge in [0.1, 0.15) is 0 Å². The number of carboxylic acids is 1. The average molecular weight is 326 g/mol. The summed E-state index contributed by atoms with van der Waals surface area (Å²) in [6.45, 7) is 1.18. The fourth-order valence-electron chi connectivity index (χ4n) is 2.43. The molecular weight excluding hydrogens is 308 g/mol. The van der Waals surface area contributed by atoms with Crippen molar-refractivity contribution in [2.45, 2.75) is 6.42 Å². The zero-order valence-corrected chi connectivity index (χ0v) is 13.0. The summed E-state index contributed by atoms with van der Waals surface area (Å²) in [7, 11) is -3.23. The first kappa shape index (κ1) is 16.4. The van der Waals surface area contributed by atoms with Crippen LogP contribution in [0, 0.1) is 0 Å². The number of rotatable bonds is 4. The molecule has 1 fully saturated rings. The number of nitrogens with zero attached hydrogens (tertiary/aromatic N) is 2. The summed E-state index contributed by atoms with van der Waals surface area (Å²) in [5.74, 6) is -1.26. The van der Waals surface area contributed by atoms with Gasteiger partial charge in [-0.3, -0.25) is 4.79 Å². The highest BCUT2D eigenvalue weighted by molar-refractivity contribution is 7.88. The van der Waals surface area contributed by atoms with Crippen LogP contribution in [-0.2, 0) is 21.2 Å². The smallest absolute Gasteiger partial charge is 0.335 e. The molecule has 8 heteroatoms. The number of carbonyl (C=O) groups excluding carboxylic acids is 1. The van der Waals surface area contributed by atoms with Crippen molar-refractivity contribution in [1.29, 1.82) is 0 Å². The number of aromatic carboxylic acids is 1. The van der Waals surface area contributed by atoms with E-state index in [0.717, 1.165) is 6.26 Å². The lowest BCUT2D eigenvalue weighted by atomic mass is 10.0. The summed E-state index contributed by atoms with van der Waals surface area (Å²) >= 11 is 0. The molecule has 1 aliphatic rings. The Balaban J connectivity index is 2.01. The molecule has 0 bridgehead atoms. The van der Waals surface area contributed by atoms with E-state index in [9.17, 15) is 18.0 Å². The van der Waals surface area contributed by atoms with Crippen LogP contribution < -0.4 is 0 Å². The molecule has 1 aromatic rings. The summed E-state index contributed by atoms with van der Waals surface area (Å²) in [6, 6.07) is 6.39. The molecule has 0 aromatic heterocycles. The molecule has 1 saturated heterocycles. The van der Waals surface area contributed by atoms with Gasteiger partial charge in [-0.1, -0.05) is 18.2 Å². The van der Waals surface area contributed by atoms with E-state index in [1.165, 1.54) is 10.4 Å². The first-order chi connectivity index (χ1) is 10.3. The second kappa shape index (κ2) is 6.45. The van der Waals surface area contributed by atoms with Crippen LogP contribution in [0.15, 0.2) is 24.3 Å². The van der Waals surface area contributed by atoms with Crippen LogP contribution in [-0.4, -0.2) is 67.0 Å². The molecule has 0 atom stereocenters. The van der Waals surface area contributed by atoms with E-state index in [-0.39, 0.29) is 31.0 Å². The second-order valence-corrected chi connectivity index (χ2v) is 7.16. The maximum absolute atomic E-state index is 12.3. The van der Waals surface area contributed by atoms with Gasteiger partial charge in [-0.15, -0.1) is 0 Å². The van der Waals surface area contributed by atoms with Crippen LogP contribution in [0.2, 0.25) is 0 Å². The van der Waals surface area contributed by atoms with Gasteiger partial charge in [0, 0.05) is 26.2 Å². The Labute approximate surface area is 129 Å². The lowest BCUT2D eigenvalue weighted by Gasteiger charge is -2.33. The van der Waals surface area contributed by atoms with Crippen LogP contribution in [0.25, 0.3) is 0 Å². The summed E-state index contributed by atoms with van der Waals surface area (Å²) in [4.78, 5) is 25.0. The van der Waals surface area contributed by atoms with Gasteiger partial charge < -0.3 is 10.0 Å². The zero-order chi connectivity index (χ0) is 16.3. The Morgan fingerprint density at radius 3 is 2.27 bits per heavy atom. The van der Waals surface area contributed by atoms with E-state index in [1.807, 2.05) is 0 Å². The lowest BCUT2D eigenvalue weighted by Crippen LogP contribution is -2.50. The SMILES string of the molecule is CS(=O)(=O)N1CCN(C(=O)Cc2ccccc2C(=O)O)CC1. The van der Waals surface area contributed by atoms with Crippen molar-refractivity contribution in [1.82, 2.24) is 9.21 Å². The summed E-state index contributed by atoms with van der Waals surface area (Å²) in [6.07, 6.45) is 1.15. The van der Waals surface area contributed by atoms with Crippen molar-refractivity contribution < 1.29 is 23.1 Å². The molecule has 0 saturated carbocycles. The molecule has 1 heterocycles. The number of sulfonamides is 1.